The van der Waals surface area contributed by atoms with E-state index in [0.29, 0.717) is 11.5 Å². The molecule has 3 heterocycles. The van der Waals surface area contributed by atoms with E-state index in [4.69, 9.17) is 4.74 Å². The SMILES string of the molecule is CCCCCCCCn1c2ccccc2c2cc(/C=C/C34OCCN3c3ccc(S(C)(=O)=O)cc3C4(C)C)ccc21. The molecule has 4 aromatic rings. The van der Waals surface area contributed by atoms with Gasteiger partial charge >= 0.3 is 0 Å². The maximum atomic E-state index is 12.3. The molecule has 6 heteroatoms. The maximum absolute atomic E-state index is 12.3. The third-order valence-electron chi connectivity index (χ3n) is 9.33. The molecule has 0 aliphatic carbocycles. The third-order valence-corrected chi connectivity index (χ3v) is 10.4. The Morgan fingerprint density at radius 1 is 0.902 bits per heavy atom. The molecule has 2 aliphatic rings. The topological polar surface area (TPSA) is 51.5 Å². The first-order valence-corrected chi connectivity index (χ1v) is 17.0. The van der Waals surface area contributed by atoms with Gasteiger partial charge in [0.1, 0.15) is 0 Å². The first kappa shape index (κ1) is 28.0. The molecule has 1 unspecified atom stereocenters. The monoisotopic (exact) mass is 570 g/mol. The predicted octanol–water partition coefficient (Wildman–Crippen LogP) is 8.10. The Labute approximate surface area is 244 Å². The van der Waals surface area contributed by atoms with Crippen molar-refractivity contribution in [3.63, 3.8) is 0 Å². The molecule has 0 amide bonds. The summed E-state index contributed by atoms with van der Waals surface area (Å²) >= 11 is 0. The number of anilines is 1. The van der Waals surface area contributed by atoms with E-state index in [2.05, 4.69) is 84.9 Å². The Hall–Kier alpha value is -3.09. The summed E-state index contributed by atoms with van der Waals surface area (Å²) in [5.41, 5.74) is 4.68. The molecule has 5 nitrogen and oxygen atoms in total. The summed E-state index contributed by atoms with van der Waals surface area (Å²) in [6, 6.07) is 21.0. The average Bonchev–Trinajstić information content (AvgIpc) is 3.58. The highest BCUT2D eigenvalue weighted by molar-refractivity contribution is 7.90. The number of unbranched alkanes of at least 4 members (excludes halogenated alkanes) is 5. The highest BCUT2D eigenvalue weighted by atomic mass is 32.2. The van der Waals surface area contributed by atoms with Gasteiger partial charge in [-0.15, -0.1) is 0 Å². The van der Waals surface area contributed by atoms with Crippen LogP contribution in [0.4, 0.5) is 5.69 Å². The number of hydrogen-bond acceptors (Lipinski definition) is 4. The van der Waals surface area contributed by atoms with Gasteiger partial charge in [-0.3, -0.25) is 0 Å². The van der Waals surface area contributed by atoms with Gasteiger partial charge < -0.3 is 14.2 Å². The number of fused-ring (bicyclic) bond motifs is 6. The van der Waals surface area contributed by atoms with E-state index in [0.717, 1.165) is 29.9 Å². The van der Waals surface area contributed by atoms with Crippen molar-refractivity contribution < 1.29 is 13.2 Å². The second kappa shape index (κ2) is 10.6. The van der Waals surface area contributed by atoms with Gasteiger partial charge in [0.05, 0.1) is 11.5 Å². The fourth-order valence-corrected chi connectivity index (χ4v) is 7.70. The van der Waals surface area contributed by atoms with Crippen LogP contribution in [0.25, 0.3) is 27.9 Å². The Kier molecular flexibility index (Phi) is 7.27. The lowest BCUT2D eigenvalue weighted by Crippen LogP contribution is -2.51. The van der Waals surface area contributed by atoms with Crippen LogP contribution in [0.5, 0.6) is 0 Å². The van der Waals surface area contributed by atoms with Crippen LogP contribution in [0.1, 0.15) is 70.4 Å². The zero-order valence-electron chi connectivity index (χ0n) is 24.8. The average molecular weight is 571 g/mol. The minimum atomic E-state index is -3.30. The van der Waals surface area contributed by atoms with Crippen LogP contribution in [0.2, 0.25) is 0 Å². The van der Waals surface area contributed by atoms with Crippen LogP contribution in [-0.4, -0.2) is 38.1 Å². The van der Waals surface area contributed by atoms with E-state index in [-0.39, 0.29) is 0 Å². The molecule has 1 fully saturated rings. The highest BCUT2D eigenvalue weighted by Gasteiger charge is 2.59. The molecule has 216 valence electrons. The number of aryl methyl sites for hydroxylation is 1. The molecule has 41 heavy (non-hydrogen) atoms. The van der Waals surface area contributed by atoms with Crippen molar-refractivity contribution in [2.75, 3.05) is 24.3 Å². The number of ether oxygens (including phenoxy) is 1. The lowest BCUT2D eigenvalue weighted by Gasteiger charge is -2.39. The van der Waals surface area contributed by atoms with Crippen molar-refractivity contribution in [3.8, 4) is 0 Å². The van der Waals surface area contributed by atoms with E-state index >= 15 is 0 Å². The van der Waals surface area contributed by atoms with Gasteiger partial charge in [-0.1, -0.05) is 83.2 Å². The van der Waals surface area contributed by atoms with Gasteiger partial charge in [0.15, 0.2) is 15.6 Å². The van der Waals surface area contributed by atoms with E-state index in [9.17, 15) is 8.42 Å². The van der Waals surface area contributed by atoms with Gasteiger partial charge in [0.25, 0.3) is 0 Å². The number of sulfone groups is 1. The second-order valence-corrected chi connectivity index (χ2v) is 14.3. The van der Waals surface area contributed by atoms with E-state index < -0.39 is 21.0 Å². The standard InChI is InChI=1S/C35H42N2O3S/c1-5-6-7-8-9-12-21-36-31-14-11-10-13-28(31)29-24-26(15-17-32(29)36)19-20-35-34(2,3)30-25-27(41(4,38)39)16-18-33(30)37(35)22-23-40-35/h10-11,13-20,24-25H,5-9,12,21-23H2,1-4H3/b20-19+. The molecule has 3 aromatic carbocycles. The van der Waals surface area contributed by atoms with Crippen LogP contribution in [0, 0.1) is 0 Å². The Morgan fingerprint density at radius 3 is 2.46 bits per heavy atom. The van der Waals surface area contributed by atoms with Gasteiger partial charge in [-0.25, -0.2) is 8.42 Å². The normalized spacial score (nSPS) is 20.0. The lowest BCUT2D eigenvalue weighted by atomic mass is 9.77. The van der Waals surface area contributed by atoms with Crippen LogP contribution in [0.15, 0.2) is 71.6 Å². The molecule has 0 N–H and O–H groups in total. The lowest BCUT2D eigenvalue weighted by molar-refractivity contribution is 0.000294. The van der Waals surface area contributed by atoms with Crippen molar-refractivity contribution in [3.05, 3.63) is 77.9 Å². The largest absolute Gasteiger partial charge is 0.349 e. The van der Waals surface area contributed by atoms with Crippen molar-refractivity contribution in [1.29, 1.82) is 0 Å². The number of aromatic nitrogens is 1. The summed E-state index contributed by atoms with van der Waals surface area (Å²) in [7, 11) is -3.30. The smallest absolute Gasteiger partial charge is 0.175 e. The molecule has 2 aliphatic heterocycles. The summed E-state index contributed by atoms with van der Waals surface area (Å²) in [4.78, 5) is 2.66. The number of benzene rings is 3. The molecule has 1 atom stereocenters. The molecular weight excluding hydrogens is 528 g/mol. The molecule has 1 aromatic heterocycles. The number of hydrogen-bond donors (Lipinski definition) is 0. The quantitative estimate of drug-likeness (QED) is 0.181. The summed E-state index contributed by atoms with van der Waals surface area (Å²) in [6.45, 7) is 9.02. The van der Waals surface area contributed by atoms with Gasteiger partial charge in [0.2, 0.25) is 0 Å². The number of rotatable bonds is 10. The molecule has 0 saturated carbocycles. The minimum absolute atomic E-state index is 0.354. The summed E-state index contributed by atoms with van der Waals surface area (Å²) < 4.78 is 33.7. The Morgan fingerprint density at radius 2 is 1.66 bits per heavy atom. The second-order valence-electron chi connectivity index (χ2n) is 12.3. The van der Waals surface area contributed by atoms with Crippen molar-refractivity contribution in [1.82, 2.24) is 4.57 Å². The molecule has 0 radical (unpaired) electrons. The first-order valence-electron chi connectivity index (χ1n) is 15.1. The zero-order chi connectivity index (χ0) is 28.8. The maximum Gasteiger partial charge on any atom is 0.175 e. The van der Waals surface area contributed by atoms with E-state index in [1.54, 1.807) is 6.07 Å². The first-order chi connectivity index (χ1) is 19.7. The third kappa shape index (κ3) is 4.69. The molecule has 0 bridgehead atoms. The summed E-state index contributed by atoms with van der Waals surface area (Å²) in [6.07, 6.45) is 13.4. The van der Waals surface area contributed by atoms with Crippen molar-refractivity contribution in [2.45, 2.75) is 81.9 Å². The summed E-state index contributed by atoms with van der Waals surface area (Å²) in [5, 5.41) is 2.57. The van der Waals surface area contributed by atoms with Gasteiger partial charge in [-0.05, 0) is 60.0 Å². The minimum Gasteiger partial charge on any atom is -0.349 e. The molecule has 0 spiro atoms. The van der Waals surface area contributed by atoms with Crippen molar-refractivity contribution in [2.24, 2.45) is 0 Å². The van der Waals surface area contributed by atoms with E-state index in [1.165, 1.54) is 66.6 Å². The van der Waals surface area contributed by atoms with Crippen molar-refractivity contribution >= 4 is 43.4 Å². The molecular formula is C35H42N2O3S. The number of para-hydroxylation sites is 1. The summed E-state index contributed by atoms with van der Waals surface area (Å²) in [5.74, 6) is 0. The van der Waals surface area contributed by atoms with Crippen LogP contribution >= 0.6 is 0 Å². The van der Waals surface area contributed by atoms with Crippen LogP contribution in [-0.2, 0) is 26.5 Å². The molecule has 6 rings (SSSR count). The fraction of sp³-hybridized carbons (Fsp3) is 0.429. The van der Waals surface area contributed by atoms with Gasteiger partial charge in [-0.2, -0.15) is 0 Å². The fourth-order valence-electron chi connectivity index (χ4n) is 7.05. The van der Waals surface area contributed by atoms with Crippen LogP contribution < -0.4 is 4.90 Å². The van der Waals surface area contributed by atoms with E-state index in [1.807, 2.05) is 12.1 Å². The zero-order valence-corrected chi connectivity index (χ0v) is 25.6. The Bertz CT molecular complexity index is 1730. The van der Waals surface area contributed by atoms with Crippen LogP contribution in [0.3, 0.4) is 0 Å². The highest BCUT2D eigenvalue weighted by Crippen LogP contribution is 2.55. The molecule has 1 saturated heterocycles. The number of nitrogens with zero attached hydrogens (tertiary/aromatic N) is 2. The van der Waals surface area contributed by atoms with Gasteiger partial charge in [0, 0.05) is 52.3 Å². The Balaban J connectivity index is 1.33. The predicted molar refractivity (Wildman–Crippen MR) is 170 cm³/mol.